The van der Waals surface area contributed by atoms with Crippen LogP contribution in [0.25, 0.3) is 6.08 Å². The molecule has 2 aromatic heterocycles. The zero-order chi connectivity index (χ0) is 17.5. The van der Waals surface area contributed by atoms with Gasteiger partial charge in [-0.2, -0.15) is 0 Å². The van der Waals surface area contributed by atoms with Gasteiger partial charge in [0.05, 0.1) is 0 Å². The Balaban J connectivity index is 1.82. The Hall–Kier alpha value is -2.96. The average Bonchev–Trinajstić information content (AvgIpc) is 2.56. The molecule has 2 heterocycles. The summed E-state index contributed by atoms with van der Waals surface area (Å²) in [6.45, 7) is 2.57. The minimum Gasteiger partial charge on any atom is -0.352 e. The summed E-state index contributed by atoms with van der Waals surface area (Å²) in [7, 11) is 1.59. The van der Waals surface area contributed by atoms with Gasteiger partial charge in [0.1, 0.15) is 0 Å². The molecule has 1 N–H and O–H groups in total. The minimum absolute atomic E-state index is 0.232. The van der Waals surface area contributed by atoms with Gasteiger partial charge in [-0.15, -0.1) is 0 Å². The SMILES string of the molecule is Cc1cncc(/C=C/C(=O)NCCCn2c(=O)ccn(C)c2=O)c1. The maximum Gasteiger partial charge on any atom is 0.330 e. The van der Waals surface area contributed by atoms with Crippen LogP contribution in [0, 0.1) is 6.92 Å². The van der Waals surface area contributed by atoms with Crippen LogP contribution in [0.15, 0.2) is 46.4 Å². The Morgan fingerprint density at radius 2 is 2.12 bits per heavy atom. The first-order valence-corrected chi connectivity index (χ1v) is 7.61. The molecule has 0 bridgehead atoms. The van der Waals surface area contributed by atoms with Crippen molar-refractivity contribution in [1.82, 2.24) is 19.4 Å². The summed E-state index contributed by atoms with van der Waals surface area (Å²) < 4.78 is 2.50. The molecule has 2 aromatic rings. The number of carbonyl (C=O) groups excluding carboxylic acids is 1. The van der Waals surface area contributed by atoms with Crippen LogP contribution in [0.2, 0.25) is 0 Å². The average molecular weight is 328 g/mol. The molecular weight excluding hydrogens is 308 g/mol. The molecule has 1 amide bonds. The van der Waals surface area contributed by atoms with Gasteiger partial charge in [-0.25, -0.2) is 4.79 Å². The topological polar surface area (TPSA) is 86.0 Å². The van der Waals surface area contributed by atoms with E-state index in [0.29, 0.717) is 13.0 Å². The van der Waals surface area contributed by atoms with Gasteiger partial charge in [0.15, 0.2) is 0 Å². The van der Waals surface area contributed by atoms with Crippen LogP contribution in [-0.2, 0) is 18.4 Å². The largest absolute Gasteiger partial charge is 0.352 e. The molecule has 0 atom stereocenters. The second-order valence-electron chi connectivity index (χ2n) is 5.47. The normalized spacial score (nSPS) is 10.9. The molecule has 0 saturated carbocycles. The van der Waals surface area contributed by atoms with Gasteiger partial charge in [-0.1, -0.05) is 0 Å². The summed E-state index contributed by atoms with van der Waals surface area (Å²) in [5.41, 5.74) is 1.17. The molecule has 0 aliphatic rings. The van der Waals surface area contributed by atoms with Crippen molar-refractivity contribution >= 4 is 12.0 Å². The standard InChI is InChI=1S/C17H20N4O3/c1-13-10-14(12-18-11-13)4-5-15(22)19-7-3-8-21-16(23)6-9-20(2)17(21)24/h4-6,9-12H,3,7-8H2,1-2H3,(H,19,22)/b5-4+. The summed E-state index contributed by atoms with van der Waals surface area (Å²) >= 11 is 0. The van der Waals surface area contributed by atoms with E-state index in [0.717, 1.165) is 15.7 Å². The number of aromatic nitrogens is 3. The van der Waals surface area contributed by atoms with E-state index < -0.39 is 0 Å². The van der Waals surface area contributed by atoms with E-state index in [4.69, 9.17) is 0 Å². The predicted octanol–water partition coefficient (Wildman–Crippen LogP) is 0.470. The van der Waals surface area contributed by atoms with Crippen molar-refractivity contribution in [3.05, 3.63) is 68.8 Å². The highest BCUT2D eigenvalue weighted by Gasteiger charge is 2.02. The molecular formula is C17H20N4O3. The summed E-state index contributed by atoms with van der Waals surface area (Å²) in [6.07, 6.45) is 8.47. The fourth-order valence-corrected chi connectivity index (χ4v) is 2.17. The third-order valence-corrected chi connectivity index (χ3v) is 3.42. The van der Waals surface area contributed by atoms with Crippen LogP contribution >= 0.6 is 0 Å². The second-order valence-corrected chi connectivity index (χ2v) is 5.47. The van der Waals surface area contributed by atoms with Crippen molar-refractivity contribution < 1.29 is 4.79 Å². The fraction of sp³-hybridized carbons (Fsp3) is 0.294. The lowest BCUT2D eigenvalue weighted by Crippen LogP contribution is -2.38. The first kappa shape index (κ1) is 17.4. The Morgan fingerprint density at radius 1 is 1.33 bits per heavy atom. The van der Waals surface area contributed by atoms with Crippen LogP contribution in [0.3, 0.4) is 0 Å². The van der Waals surface area contributed by atoms with Crippen LogP contribution in [0.5, 0.6) is 0 Å². The van der Waals surface area contributed by atoms with E-state index >= 15 is 0 Å². The number of rotatable bonds is 6. The monoisotopic (exact) mass is 328 g/mol. The molecule has 0 saturated heterocycles. The molecule has 0 aliphatic heterocycles. The number of carbonyl (C=O) groups is 1. The van der Waals surface area contributed by atoms with E-state index in [1.165, 1.54) is 22.9 Å². The Bertz CT molecular complexity index is 865. The van der Waals surface area contributed by atoms with Gasteiger partial charge in [0, 0.05) is 50.9 Å². The van der Waals surface area contributed by atoms with Gasteiger partial charge >= 0.3 is 5.69 Å². The highest BCUT2D eigenvalue weighted by atomic mass is 16.2. The van der Waals surface area contributed by atoms with E-state index in [9.17, 15) is 14.4 Å². The zero-order valence-corrected chi connectivity index (χ0v) is 13.7. The fourth-order valence-electron chi connectivity index (χ4n) is 2.17. The first-order chi connectivity index (χ1) is 11.5. The van der Waals surface area contributed by atoms with E-state index in [1.807, 2.05) is 13.0 Å². The quantitative estimate of drug-likeness (QED) is 0.617. The van der Waals surface area contributed by atoms with Crippen molar-refractivity contribution in [3.63, 3.8) is 0 Å². The molecule has 2 rings (SSSR count). The lowest BCUT2D eigenvalue weighted by atomic mass is 10.2. The van der Waals surface area contributed by atoms with E-state index in [2.05, 4.69) is 10.3 Å². The highest BCUT2D eigenvalue weighted by molar-refractivity contribution is 5.91. The summed E-state index contributed by atoms with van der Waals surface area (Å²) in [5.74, 6) is -0.232. The summed E-state index contributed by atoms with van der Waals surface area (Å²) in [6, 6.07) is 3.27. The maximum absolute atomic E-state index is 11.8. The summed E-state index contributed by atoms with van der Waals surface area (Å²) in [4.78, 5) is 39.3. The highest BCUT2D eigenvalue weighted by Crippen LogP contribution is 2.02. The van der Waals surface area contributed by atoms with Gasteiger partial charge in [0.2, 0.25) is 5.91 Å². The van der Waals surface area contributed by atoms with E-state index in [1.54, 1.807) is 25.5 Å². The van der Waals surface area contributed by atoms with Crippen LogP contribution in [-0.4, -0.2) is 26.6 Å². The van der Waals surface area contributed by atoms with E-state index in [-0.39, 0.29) is 23.7 Å². The number of aryl methyl sites for hydroxylation is 2. The van der Waals surface area contributed by atoms with Gasteiger partial charge < -0.3 is 9.88 Å². The lowest BCUT2D eigenvalue weighted by molar-refractivity contribution is -0.116. The third-order valence-electron chi connectivity index (χ3n) is 3.42. The minimum atomic E-state index is -0.360. The first-order valence-electron chi connectivity index (χ1n) is 7.61. The smallest absolute Gasteiger partial charge is 0.330 e. The van der Waals surface area contributed by atoms with Crippen molar-refractivity contribution in [3.8, 4) is 0 Å². The molecule has 0 aromatic carbocycles. The van der Waals surface area contributed by atoms with Crippen molar-refractivity contribution in [2.24, 2.45) is 7.05 Å². The molecule has 126 valence electrons. The Kier molecular flexibility index (Phi) is 5.83. The third kappa shape index (κ3) is 4.77. The molecule has 0 radical (unpaired) electrons. The molecule has 24 heavy (non-hydrogen) atoms. The summed E-state index contributed by atoms with van der Waals surface area (Å²) in [5, 5.41) is 2.72. The molecule has 0 aliphatic carbocycles. The zero-order valence-electron chi connectivity index (χ0n) is 13.7. The number of pyridine rings is 1. The van der Waals surface area contributed by atoms with Gasteiger partial charge in [-0.05, 0) is 36.6 Å². The van der Waals surface area contributed by atoms with Crippen LogP contribution < -0.4 is 16.6 Å². The Morgan fingerprint density at radius 3 is 2.88 bits per heavy atom. The van der Waals surface area contributed by atoms with Crippen molar-refractivity contribution in [2.75, 3.05) is 6.54 Å². The number of hydrogen-bond donors (Lipinski definition) is 1. The number of hydrogen-bond acceptors (Lipinski definition) is 4. The van der Waals surface area contributed by atoms with Crippen molar-refractivity contribution in [2.45, 2.75) is 19.9 Å². The number of nitrogens with zero attached hydrogens (tertiary/aromatic N) is 3. The van der Waals surface area contributed by atoms with Crippen LogP contribution in [0.4, 0.5) is 0 Å². The van der Waals surface area contributed by atoms with Gasteiger partial charge in [0.25, 0.3) is 5.56 Å². The molecule has 0 fully saturated rings. The van der Waals surface area contributed by atoms with Crippen LogP contribution in [0.1, 0.15) is 17.5 Å². The predicted molar refractivity (Wildman–Crippen MR) is 91.6 cm³/mol. The van der Waals surface area contributed by atoms with Crippen molar-refractivity contribution in [1.29, 1.82) is 0 Å². The molecule has 0 spiro atoms. The molecule has 7 nitrogen and oxygen atoms in total. The second kappa shape index (κ2) is 8.05. The Labute approximate surface area is 139 Å². The molecule has 7 heteroatoms. The maximum atomic E-state index is 11.8. The molecule has 0 unspecified atom stereocenters. The van der Waals surface area contributed by atoms with Gasteiger partial charge in [-0.3, -0.25) is 19.1 Å². The lowest BCUT2D eigenvalue weighted by Gasteiger charge is -2.06. The number of amides is 1. The number of nitrogens with one attached hydrogen (secondary N) is 1.